The van der Waals surface area contributed by atoms with Gasteiger partial charge in [0.2, 0.25) is 0 Å². The van der Waals surface area contributed by atoms with Crippen molar-refractivity contribution in [1.82, 2.24) is 15.3 Å². The highest BCUT2D eigenvalue weighted by Crippen LogP contribution is 2.41. The van der Waals surface area contributed by atoms with Gasteiger partial charge in [0.25, 0.3) is 0 Å². The number of hydrogen-bond acceptors (Lipinski definition) is 5. The van der Waals surface area contributed by atoms with Gasteiger partial charge in [-0.15, -0.1) is 0 Å². The summed E-state index contributed by atoms with van der Waals surface area (Å²) in [6.45, 7) is 4.73. The number of ether oxygens (including phenoxy) is 2. The number of nitrogens with zero attached hydrogens (tertiary/aromatic N) is 2. The Morgan fingerprint density at radius 3 is 1.58 bits per heavy atom. The lowest BCUT2D eigenvalue weighted by atomic mass is 9.97. The Labute approximate surface area is 314 Å². The third kappa shape index (κ3) is 8.73. The number of alkyl halides is 6. The largest absolute Gasteiger partial charge is 0.497 e. The van der Waals surface area contributed by atoms with Crippen LogP contribution in [0.1, 0.15) is 33.4 Å². The van der Waals surface area contributed by atoms with Crippen LogP contribution in [0.25, 0.3) is 44.3 Å². The number of para-hydroxylation sites is 2. The van der Waals surface area contributed by atoms with Crippen LogP contribution in [0.5, 0.6) is 11.5 Å². The minimum atomic E-state index is -4.47. The number of hydrogen-bond donors (Lipinski definition) is 1. The minimum absolute atomic E-state index is 0.0157. The number of aryl methyl sites for hydroxylation is 2. The van der Waals surface area contributed by atoms with E-state index in [1.165, 1.54) is 31.4 Å². The molecule has 11 heteroatoms. The Bertz CT molecular complexity index is 2440. The molecule has 0 bridgehead atoms. The van der Waals surface area contributed by atoms with Crippen LogP contribution in [-0.4, -0.2) is 24.2 Å². The molecule has 1 N–H and O–H groups in total. The van der Waals surface area contributed by atoms with E-state index >= 15 is 0 Å². The lowest BCUT2D eigenvalue weighted by molar-refractivity contribution is -0.137. The minimum Gasteiger partial charge on any atom is -0.497 e. The molecule has 5 nitrogen and oxygen atoms in total. The highest BCUT2D eigenvalue weighted by Gasteiger charge is 2.35. The quantitative estimate of drug-likeness (QED) is 0.157. The highest BCUT2D eigenvalue weighted by atomic mass is 19.4. The smallest absolute Gasteiger partial charge is 0.417 e. The second kappa shape index (κ2) is 16.2. The number of nitrogens with one attached hydrogen (secondary N) is 1. The second-order valence-electron chi connectivity index (χ2n) is 12.9. The maximum Gasteiger partial charge on any atom is 0.417 e. The van der Waals surface area contributed by atoms with E-state index in [1.54, 1.807) is 25.3 Å². The van der Waals surface area contributed by atoms with Crippen molar-refractivity contribution in [2.45, 2.75) is 39.3 Å². The first-order valence-electron chi connectivity index (χ1n) is 17.3. The van der Waals surface area contributed by atoms with Crippen molar-refractivity contribution in [3.05, 3.63) is 155 Å². The monoisotopic (exact) mass is 753 g/mol. The molecule has 0 unspecified atom stereocenters. The number of methoxy groups -OCH3 is 2. The van der Waals surface area contributed by atoms with Crippen molar-refractivity contribution in [3.63, 3.8) is 0 Å². The van der Waals surface area contributed by atoms with Crippen molar-refractivity contribution < 1.29 is 35.8 Å². The fourth-order valence-electron chi connectivity index (χ4n) is 6.39. The van der Waals surface area contributed by atoms with Crippen LogP contribution in [0.3, 0.4) is 0 Å². The Morgan fingerprint density at radius 1 is 0.545 bits per heavy atom. The maximum atomic E-state index is 13.7. The predicted octanol–water partition coefficient (Wildman–Crippen LogP) is 11.8. The molecule has 0 saturated heterocycles. The summed E-state index contributed by atoms with van der Waals surface area (Å²) in [4.78, 5) is 9.18. The van der Waals surface area contributed by atoms with Crippen LogP contribution in [0.2, 0.25) is 0 Å². The Kier molecular flexibility index (Phi) is 11.4. The van der Waals surface area contributed by atoms with E-state index in [9.17, 15) is 26.3 Å². The molecular formula is C44H37F6N3O2. The average Bonchev–Trinajstić information content (AvgIpc) is 3.17. The van der Waals surface area contributed by atoms with Gasteiger partial charge in [0.05, 0.1) is 42.1 Å². The van der Waals surface area contributed by atoms with Gasteiger partial charge in [0, 0.05) is 35.0 Å². The van der Waals surface area contributed by atoms with Crippen molar-refractivity contribution in [3.8, 4) is 34.0 Å². The highest BCUT2D eigenvalue weighted by molar-refractivity contribution is 5.88. The van der Waals surface area contributed by atoms with Crippen LogP contribution < -0.4 is 14.8 Å². The average molecular weight is 754 g/mol. The zero-order valence-electron chi connectivity index (χ0n) is 30.4. The molecule has 0 radical (unpaired) electrons. The molecule has 2 aromatic heterocycles. The predicted molar refractivity (Wildman–Crippen MR) is 204 cm³/mol. The Hall–Kier alpha value is -5.94. The molecule has 0 aliphatic rings. The molecule has 0 atom stereocenters. The zero-order valence-corrected chi connectivity index (χ0v) is 30.4. The second-order valence-corrected chi connectivity index (χ2v) is 12.9. The molecule has 0 saturated carbocycles. The van der Waals surface area contributed by atoms with E-state index in [-0.39, 0.29) is 16.8 Å². The number of pyridine rings is 2. The molecule has 0 aliphatic heterocycles. The summed E-state index contributed by atoms with van der Waals surface area (Å²) in [5, 5.41) is 5.07. The molecule has 282 valence electrons. The van der Waals surface area contributed by atoms with E-state index in [0.29, 0.717) is 41.1 Å². The van der Waals surface area contributed by atoms with Crippen LogP contribution >= 0.6 is 0 Å². The Morgan fingerprint density at radius 2 is 1.05 bits per heavy atom. The van der Waals surface area contributed by atoms with E-state index in [0.717, 1.165) is 45.3 Å². The molecular weight excluding hydrogens is 716 g/mol. The summed E-state index contributed by atoms with van der Waals surface area (Å²) < 4.78 is 91.6. The number of rotatable bonds is 8. The van der Waals surface area contributed by atoms with Crippen LogP contribution in [0.4, 0.5) is 26.3 Å². The van der Waals surface area contributed by atoms with Crippen molar-refractivity contribution in [2.75, 3.05) is 14.2 Å². The van der Waals surface area contributed by atoms with Crippen molar-refractivity contribution >= 4 is 21.8 Å². The summed E-state index contributed by atoms with van der Waals surface area (Å²) in [6.07, 6.45) is -8.92. The molecule has 0 amide bonds. The molecule has 7 aromatic rings. The van der Waals surface area contributed by atoms with Gasteiger partial charge in [-0.2, -0.15) is 26.3 Å². The molecule has 0 spiro atoms. The van der Waals surface area contributed by atoms with Gasteiger partial charge in [0.15, 0.2) is 0 Å². The lowest BCUT2D eigenvalue weighted by Crippen LogP contribution is -2.15. The number of fused-ring (bicyclic) bond motifs is 2. The van der Waals surface area contributed by atoms with Crippen LogP contribution in [0, 0.1) is 13.8 Å². The van der Waals surface area contributed by atoms with E-state index in [2.05, 4.69) is 10.3 Å². The van der Waals surface area contributed by atoms with Gasteiger partial charge in [-0.05, 0) is 72.5 Å². The standard InChI is InChI=1S/C26H23F3N2O.C18H14F3NO/c1-17-6-5-7-19-14-20(16-30-15-18-10-12-21(32-2)13-11-18)25(31-24(17)19)22-8-3-4-9-23(22)26(27,28)29;1-11-6-5-7-12-10-15(23-2)17(22-16(11)12)13-8-3-4-9-14(13)18(19,20)21/h3-14,30H,15-16H2,1-2H3;3-10H,1-2H3. The van der Waals surface area contributed by atoms with Gasteiger partial charge in [-0.1, -0.05) is 84.9 Å². The van der Waals surface area contributed by atoms with Crippen molar-refractivity contribution in [1.29, 1.82) is 0 Å². The number of benzene rings is 5. The molecule has 0 aliphatic carbocycles. The van der Waals surface area contributed by atoms with E-state index < -0.39 is 23.5 Å². The molecule has 2 heterocycles. The van der Waals surface area contributed by atoms with E-state index in [1.807, 2.05) is 80.6 Å². The summed E-state index contributed by atoms with van der Waals surface area (Å²) in [5.41, 5.74) is 4.20. The summed E-state index contributed by atoms with van der Waals surface area (Å²) in [7, 11) is 3.04. The van der Waals surface area contributed by atoms with Crippen LogP contribution in [-0.2, 0) is 25.4 Å². The molecule has 7 rings (SSSR count). The number of aromatic nitrogens is 2. The van der Waals surface area contributed by atoms with E-state index in [4.69, 9.17) is 14.5 Å². The van der Waals surface area contributed by atoms with Gasteiger partial charge in [-0.3, -0.25) is 0 Å². The fraction of sp³-hybridized carbons (Fsp3) is 0.182. The van der Waals surface area contributed by atoms with Gasteiger partial charge in [-0.25, -0.2) is 9.97 Å². The maximum absolute atomic E-state index is 13.7. The SMILES string of the molecule is COc1cc2cccc(C)c2nc1-c1ccccc1C(F)(F)F.COc1ccc(CNCc2cc3cccc(C)c3nc2-c2ccccc2C(F)(F)F)cc1. The molecule has 0 fully saturated rings. The zero-order chi connectivity index (χ0) is 39.3. The first kappa shape index (κ1) is 38.8. The Balaban J connectivity index is 0.000000197. The molecule has 5 aromatic carbocycles. The lowest BCUT2D eigenvalue weighted by Gasteiger charge is -2.17. The first-order chi connectivity index (χ1) is 26.3. The van der Waals surface area contributed by atoms with Crippen molar-refractivity contribution in [2.24, 2.45) is 0 Å². The summed E-state index contributed by atoms with van der Waals surface area (Å²) in [5.74, 6) is 1.09. The first-order valence-corrected chi connectivity index (χ1v) is 17.3. The third-order valence-electron chi connectivity index (χ3n) is 9.14. The summed E-state index contributed by atoms with van der Waals surface area (Å²) >= 11 is 0. The molecule has 55 heavy (non-hydrogen) atoms. The van der Waals surface area contributed by atoms with Gasteiger partial charge < -0.3 is 14.8 Å². The van der Waals surface area contributed by atoms with Crippen LogP contribution in [0.15, 0.2) is 121 Å². The van der Waals surface area contributed by atoms with Gasteiger partial charge in [0.1, 0.15) is 17.2 Å². The normalized spacial score (nSPS) is 11.7. The summed E-state index contributed by atoms with van der Waals surface area (Å²) in [6, 6.07) is 33.7. The third-order valence-corrected chi connectivity index (χ3v) is 9.14. The fourth-order valence-corrected chi connectivity index (χ4v) is 6.39. The van der Waals surface area contributed by atoms with Gasteiger partial charge >= 0.3 is 12.4 Å². The number of halogens is 6. The topological polar surface area (TPSA) is 56.3 Å².